The molecule has 1 heterocycles. The number of nitrogens with one attached hydrogen (secondary N) is 1. The number of aryl methyl sites for hydroxylation is 1. The van der Waals surface area contributed by atoms with Crippen LogP contribution < -0.4 is 5.32 Å². The van der Waals surface area contributed by atoms with Gasteiger partial charge >= 0.3 is 0 Å². The Labute approximate surface area is 113 Å². The molecule has 1 aromatic heterocycles. The molecule has 0 saturated heterocycles. The van der Waals surface area contributed by atoms with E-state index in [4.69, 9.17) is 0 Å². The van der Waals surface area contributed by atoms with Gasteiger partial charge in [0.15, 0.2) is 0 Å². The predicted molar refractivity (Wildman–Crippen MR) is 77.0 cm³/mol. The van der Waals surface area contributed by atoms with Crippen LogP contribution in [0.15, 0.2) is 9.72 Å². The summed E-state index contributed by atoms with van der Waals surface area (Å²) in [5, 5.41) is 5.71. The Morgan fingerprint density at radius 3 is 2.94 bits per heavy atom. The summed E-state index contributed by atoms with van der Waals surface area (Å²) >= 11 is 3.63. The molecule has 0 unspecified atom stereocenters. The largest absolute Gasteiger partial charge is 0.316 e. The SMILES string of the molecule is Cc1csc(SCCNCC2CCCCC2)n1. The molecule has 1 aromatic rings. The first-order valence-electron chi connectivity index (χ1n) is 6.60. The molecular formula is C13H22N2S2. The van der Waals surface area contributed by atoms with Crippen molar-refractivity contribution in [1.82, 2.24) is 10.3 Å². The molecule has 0 aromatic carbocycles. The molecule has 0 amide bonds. The van der Waals surface area contributed by atoms with Gasteiger partial charge in [0, 0.05) is 23.4 Å². The summed E-state index contributed by atoms with van der Waals surface area (Å²) in [7, 11) is 0. The van der Waals surface area contributed by atoms with Gasteiger partial charge in [-0.15, -0.1) is 11.3 Å². The van der Waals surface area contributed by atoms with Crippen molar-refractivity contribution in [3.05, 3.63) is 11.1 Å². The Morgan fingerprint density at radius 1 is 1.41 bits per heavy atom. The maximum Gasteiger partial charge on any atom is 0.150 e. The highest BCUT2D eigenvalue weighted by Crippen LogP contribution is 2.23. The molecule has 1 N–H and O–H groups in total. The third-order valence-electron chi connectivity index (χ3n) is 3.26. The van der Waals surface area contributed by atoms with Crippen LogP contribution >= 0.6 is 23.1 Å². The molecular weight excluding hydrogens is 248 g/mol. The minimum atomic E-state index is 0.941. The average molecular weight is 270 g/mol. The molecule has 1 aliphatic carbocycles. The molecule has 1 fully saturated rings. The minimum Gasteiger partial charge on any atom is -0.316 e. The van der Waals surface area contributed by atoms with Gasteiger partial charge in [-0.3, -0.25) is 0 Å². The van der Waals surface area contributed by atoms with Crippen LogP contribution in [0.2, 0.25) is 0 Å². The highest BCUT2D eigenvalue weighted by atomic mass is 32.2. The fourth-order valence-electron chi connectivity index (χ4n) is 2.31. The van der Waals surface area contributed by atoms with Crippen molar-refractivity contribution in [2.24, 2.45) is 5.92 Å². The second kappa shape index (κ2) is 7.39. The lowest BCUT2D eigenvalue weighted by atomic mass is 9.89. The van der Waals surface area contributed by atoms with Gasteiger partial charge in [-0.05, 0) is 32.2 Å². The first-order chi connectivity index (χ1) is 8.34. The topological polar surface area (TPSA) is 24.9 Å². The third-order valence-corrected chi connectivity index (χ3v) is 5.40. The number of thioether (sulfide) groups is 1. The van der Waals surface area contributed by atoms with Gasteiger partial charge < -0.3 is 5.32 Å². The summed E-state index contributed by atoms with van der Waals surface area (Å²) in [6, 6.07) is 0. The Kier molecular flexibility index (Phi) is 5.81. The lowest BCUT2D eigenvalue weighted by Gasteiger charge is -2.21. The first kappa shape index (κ1) is 13.4. The zero-order valence-electron chi connectivity index (χ0n) is 10.6. The molecule has 2 nitrogen and oxygen atoms in total. The lowest BCUT2D eigenvalue weighted by Crippen LogP contribution is -2.26. The van der Waals surface area contributed by atoms with E-state index >= 15 is 0 Å². The van der Waals surface area contributed by atoms with Crippen LogP contribution in [0.3, 0.4) is 0 Å². The van der Waals surface area contributed by atoms with E-state index in [-0.39, 0.29) is 0 Å². The van der Waals surface area contributed by atoms with Crippen molar-refractivity contribution in [2.45, 2.75) is 43.4 Å². The van der Waals surface area contributed by atoms with Crippen molar-refractivity contribution in [3.8, 4) is 0 Å². The van der Waals surface area contributed by atoms with E-state index in [1.807, 2.05) is 11.8 Å². The lowest BCUT2D eigenvalue weighted by molar-refractivity contribution is 0.345. The van der Waals surface area contributed by atoms with Crippen molar-refractivity contribution >= 4 is 23.1 Å². The van der Waals surface area contributed by atoms with Crippen molar-refractivity contribution in [2.75, 3.05) is 18.8 Å². The van der Waals surface area contributed by atoms with Gasteiger partial charge in [-0.2, -0.15) is 0 Å². The van der Waals surface area contributed by atoms with Gasteiger partial charge in [0.05, 0.1) is 0 Å². The summed E-state index contributed by atoms with van der Waals surface area (Å²) in [6.07, 6.45) is 7.21. The van der Waals surface area contributed by atoms with Gasteiger partial charge in [0.2, 0.25) is 0 Å². The normalized spacial score (nSPS) is 17.5. The van der Waals surface area contributed by atoms with E-state index in [0.717, 1.165) is 23.9 Å². The highest BCUT2D eigenvalue weighted by molar-refractivity contribution is 8.01. The molecule has 0 aliphatic heterocycles. The molecule has 0 radical (unpaired) electrons. The van der Waals surface area contributed by atoms with Crippen LogP contribution in [0.5, 0.6) is 0 Å². The zero-order chi connectivity index (χ0) is 11.9. The number of rotatable bonds is 6. The highest BCUT2D eigenvalue weighted by Gasteiger charge is 2.12. The van der Waals surface area contributed by atoms with Gasteiger partial charge in [-0.1, -0.05) is 31.0 Å². The fourth-order valence-corrected chi connectivity index (χ4v) is 4.12. The van der Waals surface area contributed by atoms with E-state index < -0.39 is 0 Å². The van der Waals surface area contributed by atoms with Crippen LogP contribution in [0.1, 0.15) is 37.8 Å². The van der Waals surface area contributed by atoms with Crippen LogP contribution in [-0.4, -0.2) is 23.8 Å². The number of hydrogen-bond acceptors (Lipinski definition) is 4. The van der Waals surface area contributed by atoms with Crippen molar-refractivity contribution in [3.63, 3.8) is 0 Å². The molecule has 96 valence electrons. The van der Waals surface area contributed by atoms with Crippen LogP contribution in [0.4, 0.5) is 0 Å². The van der Waals surface area contributed by atoms with E-state index in [0.29, 0.717) is 0 Å². The maximum absolute atomic E-state index is 4.45. The van der Waals surface area contributed by atoms with Gasteiger partial charge in [0.1, 0.15) is 4.34 Å². The van der Waals surface area contributed by atoms with Crippen molar-refractivity contribution < 1.29 is 0 Å². The quantitative estimate of drug-likeness (QED) is 0.630. The van der Waals surface area contributed by atoms with E-state index in [2.05, 4.69) is 22.6 Å². The molecule has 1 saturated carbocycles. The van der Waals surface area contributed by atoms with E-state index in [9.17, 15) is 0 Å². The van der Waals surface area contributed by atoms with E-state index in [1.54, 1.807) is 11.3 Å². The van der Waals surface area contributed by atoms with Gasteiger partial charge in [0.25, 0.3) is 0 Å². The number of aromatic nitrogens is 1. The maximum atomic E-state index is 4.45. The molecule has 17 heavy (non-hydrogen) atoms. The summed E-state index contributed by atoms with van der Waals surface area (Å²) in [5.41, 5.74) is 1.15. The average Bonchev–Trinajstić information content (AvgIpc) is 2.76. The van der Waals surface area contributed by atoms with Crippen LogP contribution in [0, 0.1) is 12.8 Å². The fraction of sp³-hybridized carbons (Fsp3) is 0.769. The molecule has 1 aliphatic rings. The molecule has 4 heteroatoms. The molecule has 0 atom stereocenters. The predicted octanol–water partition coefficient (Wildman–Crippen LogP) is 3.71. The Morgan fingerprint density at radius 2 is 2.24 bits per heavy atom. The summed E-state index contributed by atoms with van der Waals surface area (Å²) in [6.45, 7) is 4.39. The summed E-state index contributed by atoms with van der Waals surface area (Å²) < 4.78 is 1.21. The number of hydrogen-bond donors (Lipinski definition) is 1. The first-order valence-corrected chi connectivity index (χ1v) is 8.47. The molecule has 0 bridgehead atoms. The Hall–Kier alpha value is -0.0600. The van der Waals surface area contributed by atoms with Crippen LogP contribution in [0.25, 0.3) is 0 Å². The van der Waals surface area contributed by atoms with E-state index in [1.165, 1.54) is 43.0 Å². The smallest absolute Gasteiger partial charge is 0.150 e. The third kappa shape index (κ3) is 4.98. The van der Waals surface area contributed by atoms with Gasteiger partial charge in [-0.25, -0.2) is 4.98 Å². The zero-order valence-corrected chi connectivity index (χ0v) is 12.2. The Balaban J connectivity index is 1.51. The molecule has 2 rings (SSSR count). The minimum absolute atomic E-state index is 0.941. The standard InChI is InChI=1S/C13H22N2S2/c1-11-10-17-13(15-11)16-8-7-14-9-12-5-3-2-4-6-12/h10,12,14H,2-9H2,1H3. The second-order valence-electron chi connectivity index (χ2n) is 4.81. The molecule has 0 spiro atoms. The Bertz CT molecular complexity index is 319. The number of thiazole rings is 1. The monoisotopic (exact) mass is 270 g/mol. The number of nitrogens with zero attached hydrogens (tertiary/aromatic N) is 1. The second-order valence-corrected chi connectivity index (χ2v) is 7.01. The summed E-state index contributed by atoms with van der Waals surface area (Å²) in [4.78, 5) is 4.45. The van der Waals surface area contributed by atoms with Crippen molar-refractivity contribution in [1.29, 1.82) is 0 Å². The van der Waals surface area contributed by atoms with Crippen LogP contribution in [-0.2, 0) is 0 Å². The summed E-state index contributed by atoms with van der Waals surface area (Å²) in [5.74, 6) is 2.08.